The van der Waals surface area contributed by atoms with Gasteiger partial charge in [0.15, 0.2) is 0 Å². The normalized spacial score (nSPS) is 24.8. The van der Waals surface area contributed by atoms with Crippen LogP contribution in [0.2, 0.25) is 0 Å². The van der Waals surface area contributed by atoms with Gasteiger partial charge in [-0.2, -0.15) is 0 Å². The monoisotopic (exact) mass is 240 g/mol. The predicted octanol–water partition coefficient (Wildman–Crippen LogP) is 1.17. The van der Waals surface area contributed by atoms with Crippen molar-refractivity contribution in [3.63, 3.8) is 0 Å². The smallest absolute Gasteiger partial charge is 0.310 e. The molecule has 17 heavy (non-hydrogen) atoms. The lowest BCUT2D eigenvalue weighted by Crippen LogP contribution is -2.34. The predicted molar refractivity (Wildman–Crippen MR) is 67.0 cm³/mol. The maximum atomic E-state index is 11.0. The van der Waals surface area contributed by atoms with Crippen LogP contribution in [0.4, 0.5) is 0 Å². The number of likely N-dealkylation sites (tertiary alicyclic amines) is 1. The first-order valence-electron chi connectivity index (χ1n) is 6.75. The summed E-state index contributed by atoms with van der Waals surface area (Å²) in [6.07, 6.45) is 5.49. The van der Waals surface area contributed by atoms with E-state index >= 15 is 0 Å². The molecule has 1 aliphatic carbocycles. The zero-order valence-electron chi connectivity index (χ0n) is 10.7. The third-order valence-corrected chi connectivity index (χ3v) is 4.34. The molecule has 0 aromatic rings. The molecule has 1 saturated carbocycles. The van der Waals surface area contributed by atoms with Crippen molar-refractivity contribution in [2.75, 3.05) is 33.2 Å². The summed E-state index contributed by atoms with van der Waals surface area (Å²) in [5.74, 6) is 0.211. The van der Waals surface area contributed by atoms with Crippen LogP contribution in [0.5, 0.6) is 0 Å². The number of rotatable bonds is 6. The van der Waals surface area contributed by atoms with Gasteiger partial charge in [0.25, 0.3) is 0 Å². The van der Waals surface area contributed by atoms with Crippen molar-refractivity contribution in [1.82, 2.24) is 10.2 Å². The quantitative estimate of drug-likeness (QED) is 0.684. The number of carboxylic acid groups (broad SMARTS) is 1. The zero-order chi connectivity index (χ0) is 12.3. The maximum absolute atomic E-state index is 11.0. The molecular formula is C13H24N2O2. The molecule has 0 aromatic heterocycles. The van der Waals surface area contributed by atoms with Gasteiger partial charge in [0.05, 0.1) is 5.41 Å². The topological polar surface area (TPSA) is 52.6 Å². The second-order valence-electron chi connectivity index (χ2n) is 5.80. The van der Waals surface area contributed by atoms with E-state index < -0.39 is 11.4 Å². The summed E-state index contributed by atoms with van der Waals surface area (Å²) in [7, 11) is 2.18. The number of hydrogen-bond acceptors (Lipinski definition) is 3. The summed E-state index contributed by atoms with van der Waals surface area (Å²) in [6.45, 7) is 4.06. The van der Waals surface area contributed by atoms with Crippen LogP contribution in [-0.4, -0.2) is 49.2 Å². The van der Waals surface area contributed by atoms with E-state index in [-0.39, 0.29) is 0 Å². The van der Waals surface area contributed by atoms with E-state index in [1.807, 2.05) is 0 Å². The third kappa shape index (κ3) is 3.42. The van der Waals surface area contributed by atoms with Crippen LogP contribution >= 0.6 is 0 Å². The summed E-state index contributed by atoms with van der Waals surface area (Å²) >= 11 is 0. The molecule has 0 atom stereocenters. The summed E-state index contributed by atoms with van der Waals surface area (Å²) in [6, 6.07) is 0. The van der Waals surface area contributed by atoms with Crippen LogP contribution in [0.15, 0.2) is 0 Å². The van der Waals surface area contributed by atoms with E-state index in [2.05, 4.69) is 17.3 Å². The van der Waals surface area contributed by atoms with Gasteiger partial charge in [0, 0.05) is 6.54 Å². The lowest BCUT2D eigenvalue weighted by molar-refractivity contribution is -0.143. The fourth-order valence-electron chi connectivity index (χ4n) is 2.60. The number of piperidine rings is 1. The van der Waals surface area contributed by atoms with Gasteiger partial charge in [-0.15, -0.1) is 0 Å². The molecule has 2 fully saturated rings. The molecule has 0 spiro atoms. The van der Waals surface area contributed by atoms with E-state index in [0.717, 1.165) is 25.3 Å². The number of nitrogens with one attached hydrogen (secondary N) is 1. The number of nitrogens with zero attached hydrogens (tertiary/aromatic N) is 1. The van der Waals surface area contributed by atoms with Gasteiger partial charge in [-0.05, 0) is 64.7 Å². The lowest BCUT2D eigenvalue weighted by atomic mass is 9.94. The zero-order valence-corrected chi connectivity index (χ0v) is 10.7. The number of carboxylic acids is 1. The Hall–Kier alpha value is -0.610. The second-order valence-corrected chi connectivity index (χ2v) is 5.80. The van der Waals surface area contributed by atoms with Gasteiger partial charge >= 0.3 is 5.97 Å². The van der Waals surface area contributed by atoms with Crippen molar-refractivity contribution in [1.29, 1.82) is 0 Å². The van der Waals surface area contributed by atoms with Gasteiger partial charge in [-0.3, -0.25) is 4.79 Å². The van der Waals surface area contributed by atoms with E-state index in [4.69, 9.17) is 5.11 Å². The lowest BCUT2D eigenvalue weighted by Gasteiger charge is -2.29. The highest BCUT2D eigenvalue weighted by Gasteiger charge is 2.49. The Morgan fingerprint density at radius 2 is 2.06 bits per heavy atom. The second kappa shape index (κ2) is 5.36. The Bertz CT molecular complexity index is 269. The molecule has 98 valence electrons. The highest BCUT2D eigenvalue weighted by atomic mass is 16.4. The van der Waals surface area contributed by atoms with Gasteiger partial charge < -0.3 is 15.3 Å². The number of carbonyl (C=O) groups is 1. The van der Waals surface area contributed by atoms with Crippen LogP contribution < -0.4 is 5.32 Å². The van der Waals surface area contributed by atoms with Crippen LogP contribution in [0.1, 0.15) is 32.1 Å². The van der Waals surface area contributed by atoms with Crippen LogP contribution in [-0.2, 0) is 4.79 Å². The van der Waals surface area contributed by atoms with Crippen LogP contribution in [0.25, 0.3) is 0 Å². The fourth-order valence-corrected chi connectivity index (χ4v) is 2.60. The van der Waals surface area contributed by atoms with E-state index in [1.54, 1.807) is 0 Å². The van der Waals surface area contributed by atoms with Gasteiger partial charge in [-0.25, -0.2) is 0 Å². The van der Waals surface area contributed by atoms with Crippen molar-refractivity contribution in [3.8, 4) is 0 Å². The van der Waals surface area contributed by atoms with Crippen molar-refractivity contribution < 1.29 is 9.90 Å². The Morgan fingerprint density at radius 3 is 2.59 bits per heavy atom. The Balaban J connectivity index is 1.56. The molecule has 4 nitrogen and oxygen atoms in total. The summed E-state index contributed by atoms with van der Waals surface area (Å²) in [5, 5.41) is 12.4. The average Bonchev–Trinajstić information content (AvgIpc) is 3.08. The minimum Gasteiger partial charge on any atom is -0.481 e. The number of aliphatic carboxylic acids is 1. The SMILES string of the molecule is CN1CCC(CCNCC2(C(=O)O)CC2)CC1. The highest BCUT2D eigenvalue weighted by molar-refractivity contribution is 5.78. The van der Waals surface area contributed by atoms with Crippen molar-refractivity contribution >= 4 is 5.97 Å². The third-order valence-electron chi connectivity index (χ3n) is 4.34. The van der Waals surface area contributed by atoms with Crippen LogP contribution in [0, 0.1) is 11.3 Å². The Kier molecular flexibility index (Phi) is 4.05. The van der Waals surface area contributed by atoms with Gasteiger partial charge in [0.1, 0.15) is 0 Å². The molecule has 0 amide bonds. The summed E-state index contributed by atoms with van der Waals surface area (Å²) < 4.78 is 0. The van der Waals surface area contributed by atoms with E-state index in [9.17, 15) is 4.79 Å². The highest BCUT2D eigenvalue weighted by Crippen LogP contribution is 2.45. The van der Waals surface area contributed by atoms with Crippen molar-refractivity contribution in [2.24, 2.45) is 11.3 Å². The first kappa shape index (κ1) is 12.8. The molecule has 1 heterocycles. The first-order chi connectivity index (χ1) is 8.12. The summed E-state index contributed by atoms with van der Waals surface area (Å²) in [5.41, 5.74) is -0.410. The standard InChI is InChI=1S/C13H24N2O2/c1-15-8-3-11(4-9-15)2-7-14-10-13(5-6-13)12(16)17/h11,14H,2-10H2,1H3,(H,16,17). The van der Waals surface area contributed by atoms with Crippen LogP contribution in [0.3, 0.4) is 0 Å². The van der Waals surface area contributed by atoms with Gasteiger partial charge in [-0.1, -0.05) is 0 Å². The molecule has 0 bridgehead atoms. The molecule has 2 N–H and O–H groups in total. The van der Waals surface area contributed by atoms with Crippen molar-refractivity contribution in [3.05, 3.63) is 0 Å². The molecule has 0 aromatic carbocycles. The molecule has 2 aliphatic rings. The summed E-state index contributed by atoms with van der Waals surface area (Å²) in [4.78, 5) is 13.4. The number of hydrogen-bond donors (Lipinski definition) is 2. The maximum Gasteiger partial charge on any atom is 0.310 e. The van der Waals surface area contributed by atoms with E-state index in [0.29, 0.717) is 6.54 Å². The molecule has 2 rings (SSSR count). The fraction of sp³-hybridized carbons (Fsp3) is 0.923. The average molecular weight is 240 g/mol. The minimum atomic E-state index is -0.621. The van der Waals surface area contributed by atoms with Crippen molar-refractivity contribution in [2.45, 2.75) is 32.1 Å². The largest absolute Gasteiger partial charge is 0.481 e. The molecule has 4 heteroatoms. The first-order valence-corrected chi connectivity index (χ1v) is 6.75. The molecule has 0 radical (unpaired) electrons. The molecule has 0 unspecified atom stereocenters. The van der Waals surface area contributed by atoms with Gasteiger partial charge in [0.2, 0.25) is 0 Å². The van der Waals surface area contributed by atoms with E-state index in [1.165, 1.54) is 32.4 Å². The Morgan fingerprint density at radius 1 is 1.41 bits per heavy atom. The Labute approximate surface area is 103 Å². The molecular weight excluding hydrogens is 216 g/mol. The molecule has 1 saturated heterocycles. The molecule has 1 aliphatic heterocycles. The minimum absolute atomic E-state index is 0.410.